The second-order valence-corrected chi connectivity index (χ2v) is 8.09. The maximum Gasteiger partial charge on any atom is 0.289 e. The van der Waals surface area contributed by atoms with E-state index in [1.54, 1.807) is 6.07 Å². The Morgan fingerprint density at radius 1 is 1.24 bits per heavy atom. The molecule has 1 aliphatic rings. The van der Waals surface area contributed by atoms with Crippen LogP contribution in [0.3, 0.4) is 0 Å². The van der Waals surface area contributed by atoms with Crippen LogP contribution in [0.5, 0.6) is 0 Å². The Labute approximate surface area is 131 Å². The average Bonchev–Trinajstić information content (AvgIpc) is 2.27. The topological polar surface area (TPSA) is 55.2 Å². The van der Waals surface area contributed by atoms with Crippen LogP contribution < -0.4 is 5.32 Å². The summed E-state index contributed by atoms with van der Waals surface area (Å²) in [6.45, 7) is 9.14. The molecule has 1 saturated carbocycles. The SMILES string of the molecule is CC1(C)CC(Nc2ccc(Cl)c([N+](=O)[O-])c2)CC(C)(C)C1. The molecular formula is C16H23ClN2O2. The second-order valence-electron chi connectivity index (χ2n) is 7.68. The molecule has 0 aliphatic heterocycles. The van der Waals surface area contributed by atoms with E-state index in [1.807, 2.05) is 6.07 Å². The van der Waals surface area contributed by atoms with Crippen LogP contribution >= 0.6 is 11.6 Å². The molecule has 1 aliphatic carbocycles. The van der Waals surface area contributed by atoms with Gasteiger partial charge in [-0.25, -0.2) is 0 Å². The number of benzene rings is 1. The van der Waals surface area contributed by atoms with Crippen LogP contribution in [0.1, 0.15) is 47.0 Å². The van der Waals surface area contributed by atoms with Gasteiger partial charge in [-0.15, -0.1) is 0 Å². The lowest BCUT2D eigenvalue weighted by molar-refractivity contribution is -0.384. The van der Waals surface area contributed by atoms with Gasteiger partial charge in [0.15, 0.2) is 0 Å². The van der Waals surface area contributed by atoms with E-state index in [2.05, 4.69) is 33.0 Å². The molecule has 4 nitrogen and oxygen atoms in total. The van der Waals surface area contributed by atoms with Gasteiger partial charge in [-0.2, -0.15) is 0 Å². The highest BCUT2D eigenvalue weighted by molar-refractivity contribution is 6.32. The van der Waals surface area contributed by atoms with E-state index in [0.717, 1.165) is 18.5 Å². The number of nitrogens with zero attached hydrogens (tertiary/aromatic N) is 1. The number of rotatable bonds is 3. The number of nitro benzene ring substituents is 1. The fourth-order valence-corrected chi connectivity index (χ4v) is 4.11. The van der Waals surface area contributed by atoms with Crippen molar-refractivity contribution in [1.29, 1.82) is 0 Å². The predicted octanol–water partition coefficient (Wildman–Crippen LogP) is 5.27. The summed E-state index contributed by atoms with van der Waals surface area (Å²) >= 11 is 5.86. The normalized spacial score (nSPS) is 21.0. The smallest absolute Gasteiger partial charge is 0.289 e. The zero-order valence-electron chi connectivity index (χ0n) is 13.1. The van der Waals surface area contributed by atoms with Crippen LogP contribution in [0.4, 0.5) is 11.4 Å². The van der Waals surface area contributed by atoms with E-state index < -0.39 is 4.92 Å². The Hall–Kier alpha value is -1.29. The predicted molar refractivity (Wildman–Crippen MR) is 86.9 cm³/mol. The summed E-state index contributed by atoms with van der Waals surface area (Å²) in [7, 11) is 0. The van der Waals surface area contributed by atoms with Gasteiger partial charge in [0.25, 0.3) is 5.69 Å². The summed E-state index contributed by atoms with van der Waals surface area (Å²) in [6.07, 6.45) is 3.32. The third-order valence-electron chi connectivity index (χ3n) is 4.07. The molecular weight excluding hydrogens is 288 g/mol. The minimum Gasteiger partial charge on any atom is -0.382 e. The number of nitrogens with one attached hydrogen (secondary N) is 1. The van der Waals surface area contributed by atoms with Gasteiger partial charge in [0, 0.05) is 17.8 Å². The second kappa shape index (κ2) is 5.48. The molecule has 21 heavy (non-hydrogen) atoms. The summed E-state index contributed by atoms with van der Waals surface area (Å²) in [4.78, 5) is 10.5. The maximum atomic E-state index is 11.0. The van der Waals surface area contributed by atoms with Crippen molar-refractivity contribution >= 4 is 23.0 Å². The lowest BCUT2D eigenvalue weighted by Crippen LogP contribution is -2.40. The van der Waals surface area contributed by atoms with Crippen LogP contribution in [0.2, 0.25) is 5.02 Å². The van der Waals surface area contributed by atoms with Crippen molar-refractivity contribution in [3.8, 4) is 0 Å². The monoisotopic (exact) mass is 310 g/mol. The number of halogens is 1. The highest BCUT2D eigenvalue weighted by Crippen LogP contribution is 2.46. The number of anilines is 1. The van der Waals surface area contributed by atoms with Crippen molar-refractivity contribution in [3.05, 3.63) is 33.3 Å². The third kappa shape index (κ3) is 4.10. The lowest BCUT2D eigenvalue weighted by atomic mass is 9.63. The number of nitro groups is 1. The van der Waals surface area contributed by atoms with E-state index in [-0.39, 0.29) is 21.5 Å². The largest absolute Gasteiger partial charge is 0.382 e. The summed E-state index contributed by atoms with van der Waals surface area (Å²) in [6, 6.07) is 5.24. The summed E-state index contributed by atoms with van der Waals surface area (Å²) < 4.78 is 0. The zero-order valence-corrected chi connectivity index (χ0v) is 13.8. The molecule has 1 aromatic rings. The fourth-order valence-electron chi connectivity index (χ4n) is 3.93. The molecule has 0 saturated heterocycles. The first kappa shape index (κ1) is 16.1. The van der Waals surface area contributed by atoms with Crippen molar-refractivity contribution in [1.82, 2.24) is 0 Å². The summed E-state index contributed by atoms with van der Waals surface area (Å²) in [5.41, 5.74) is 1.27. The molecule has 1 fully saturated rings. The highest BCUT2D eigenvalue weighted by atomic mass is 35.5. The molecule has 0 heterocycles. The van der Waals surface area contributed by atoms with Gasteiger partial charge in [-0.05, 0) is 42.2 Å². The Morgan fingerprint density at radius 2 is 1.81 bits per heavy atom. The van der Waals surface area contributed by atoms with Crippen LogP contribution in [-0.2, 0) is 0 Å². The molecule has 0 aromatic heterocycles. The quantitative estimate of drug-likeness (QED) is 0.611. The number of hydrogen-bond donors (Lipinski definition) is 1. The van der Waals surface area contributed by atoms with Crippen molar-refractivity contribution in [2.45, 2.75) is 53.0 Å². The molecule has 0 radical (unpaired) electrons. The highest BCUT2D eigenvalue weighted by Gasteiger charge is 2.38. The van der Waals surface area contributed by atoms with Crippen molar-refractivity contribution < 1.29 is 4.92 Å². The first-order valence-corrected chi connectivity index (χ1v) is 7.66. The maximum absolute atomic E-state index is 11.0. The van der Waals surface area contributed by atoms with Crippen molar-refractivity contribution in [2.24, 2.45) is 10.8 Å². The Bertz CT molecular complexity index is 539. The van der Waals surface area contributed by atoms with Gasteiger partial charge in [0.05, 0.1) is 4.92 Å². The molecule has 0 amide bonds. The average molecular weight is 311 g/mol. The van der Waals surface area contributed by atoms with E-state index >= 15 is 0 Å². The third-order valence-corrected chi connectivity index (χ3v) is 4.39. The van der Waals surface area contributed by atoms with Crippen LogP contribution in [0, 0.1) is 20.9 Å². The van der Waals surface area contributed by atoms with E-state index in [9.17, 15) is 10.1 Å². The van der Waals surface area contributed by atoms with Gasteiger partial charge in [-0.1, -0.05) is 39.3 Å². The van der Waals surface area contributed by atoms with Crippen LogP contribution in [0.25, 0.3) is 0 Å². The molecule has 116 valence electrons. The lowest BCUT2D eigenvalue weighted by Gasteiger charge is -2.45. The van der Waals surface area contributed by atoms with E-state index in [4.69, 9.17) is 11.6 Å². The molecule has 0 bridgehead atoms. The molecule has 1 aromatic carbocycles. The van der Waals surface area contributed by atoms with Gasteiger partial charge >= 0.3 is 0 Å². The minimum atomic E-state index is -0.442. The summed E-state index contributed by atoms with van der Waals surface area (Å²) in [5, 5.41) is 14.6. The van der Waals surface area contributed by atoms with Crippen molar-refractivity contribution in [2.75, 3.05) is 5.32 Å². The van der Waals surface area contributed by atoms with Gasteiger partial charge in [0.1, 0.15) is 5.02 Å². The molecule has 0 spiro atoms. The molecule has 0 unspecified atom stereocenters. The van der Waals surface area contributed by atoms with E-state index in [1.165, 1.54) is 12.5 Å². The standard InChI is InChI=1S/C16H23ClN2O2/c1-15(2)8-12(9-16(3,4)10-15)18-11-5-6-13(17)14(7-11)19(20)21/h5-7,12,18H,8-10H2,1-4H3. The van der Waals surface area contributed by atoms with Gasteiger partial charge in [0.2, 0.25) is 0 Å². The van der Waals surface area contributed by atoms with Gasteiger partial charge < -0.3 is 5.32 Å². The molecule has 0 atom stereocenters. The Morgan fingerprint density at radius 3 is 2.33 bits per heavy atom. The minimum absolute atomic E-state index is 0.0454. The van der Waals surface area contributed by atoms with E-state index in [0.29, 0.717) is 6.04 Å². The van der Waals surface area contributed by atoms with Gasteiger partial charge in [-0.3, -0.25) is 10.1 Å². The van der Waals surface area contributed by atoms with Crippen LogP contribution in [0.15, 0.2) is 18.2 Å². The Balaban J connectivity index is 2.18. The molecule has 5 heteroatoms. The van der Waals surface area contributed by atoms with Crippen molar-refractivity contribution in [3.63, 3.8) is 0 Å². The Kier molecular flexibility index (Phi) is 4.20. The first-order chi connectivity index (χ1) is 9.58. The van der Waals surface area contributed by atoms with Crippen LogP contribution in [-0.4, -0.2) is 11.0 Å². The summed E-state index contributed by atoms with van der Waals surface area (Å²) in [5.74, 6) is 0. The fraction of sp³-hybridized carbons (Fsp3) is 0.625. The first-order valence-electron chi connectivity index (χ1n) is 7.29. The molecule has 2 rings (SSSR count). The molecule has 1 N–H and O–H groups in total. The zero-order chi connectivity index (χ0) is 15.8. The number of hydrogen-bond acceptors (Lipinski definition) is 3.